The molecule has 0 radical (unpaired) electrons. The third-order valence-corrected chi connectivity index (χ3v) is 8.41. The number of benzene rings is 1. The largest absolute Gasteiger partial charge is 0.454 e. The number of likely N-dealkylation sites (N-methyl/N-ethyl adjacent to an activating group) is 1. The minimum Gasteiger partial charge on any atom is -0.454 e. The second kappa shape index (κ2) is 10.0. The third kappa shape index (κ3) is 4.55. The van der Waals surface area contributed by atoms with Gasteiger partial charge >= 0.3 is 0 Å². The van der Waals surface area contributed by atoms with Crippen LogP contribution in [0.15, 0.2) is 46.2 Å². The maximum Gasteiger partial charge on any atom is 0.267 e. The van der Waals surface area contributed by atoms with Crippen molar-refractivity contribution in [1.29, 1.82) is 0 Å². The first-order valence-electron chi connectivity index (χ1n) is 12.6. The van der Waals surface area contributed by atoms with Crippen LogP contribution < -0.4 is 19.9 Å². The summed E-state index contributed by atoms with van der Waals surface area (Å²) in [6.07, 6.45) is 3.45. The maximum atomic E-state index is 13.8. The molecule has 5 heterocycles. The molecular weight excluding hydrogens is 522 g/mol. The number of hydrogen-bond acceptors (Lipinski definition) is 9. The first-order chi connectivity index (χ1) is 18.4. The van der Waals surface area contributed by atoms with E-state index in [1.54, 1.807) is 21.6 Å². The monoisotopic (exact) mass is 549 g/mol. The topological polar surface area (TPSA) is 79.6 Å². The Labute approximate surface area is 229 Å². The first-order valence-corrected chi connectivity index (χ1v) is 13.8. The molecule has 3 aliphatic rings. The Balaban J connectivity index is 1.36. The fourth-order valence-corrected chi connectivity index (χ4v) is 6.12. The molecule has 1 amide bonds. The fraction of sp³-hybridized carbons (Fsp3) is 0.333. The summed E-state index contributed by atoms with van der Waals surface area (Å²) in [7, 11) is 0. The molecule has 1 aromatic carbocycles. The first kappa shape index (κ1) is 24.9. The molecule has 0 bridgehead atoms. The number of rotatable bonds is 5. The quantitative estimate of drug-likeness (QED) is 0.352. The van der Waals surface area contributed by atoms with E-state index in [1.165, 1.54) is 11.8 Å². The normalized spacial score (nSPS) is 18.8. The number of aryl methyl sites for hydroxylation is 1. The Bertz CT molecular complexity index is 1540. The lowest BCUT2D eigenvalue weighted by molar-refractivity contribution is -0.122. The second-order valence-electron chi connectivity index (χ2n) is 9.47. The molecular formula is C27H27N5O4S2. The van der Waals surface area contributed by atoms with Crippen LogP contribution in [0.4, 0.5) is 5.82 Å². The van der Waals surface area contributed by atoms with Gasteiger partial charge in [0.25, 0.3) is 11.5 Å². The number of amides is 1. The highest BCUT2D eigenvalue weighted by Gasteiger charge is 2.33. The summed E-state index contributed by atoms with van der Waals surface area (Å²) >= 11 is 6.79. The van der Waals surface area contributed by atoms with E-state index < -0.39 is 0 Å². The van der Waals surface area contributed by atoms with Crippen molar-refractivity contribution < 1.29 is 14.3 Å². The molecule has 38 heavy (non-hydrogen) atoms. The molecule has 3 aliphatic heterocycles. The predicted octanol–water partition coefficient (Wildman–Crippen LogP) is 3.27. The van der Waals surface area contributed by atoms with Crippen LogP contribution in [0, 0.1) is 6.92 Å². The Kier molecular flexibility index (Phi) is 6.58. The van der Waals surface area contributed by atoms with Gasteiger partial charge in [0.05, 0.1) is 17.0 Å². The van der Waals surface area contributed by atoms with Crippen molar-refractivity contribution in [2.45, 2.75) is 20.4 Å². The molecule has 0 atom stereocenters. The molecule has 2 aromatic heterocycles. The van der Waals surface area contributed by atoms with Crippen LogP contribution in [-0.4, -0.2) is 68.9 Å². The van der Waals surface area contributed by atoms with Crippen LogP contribution in [0.1, 0.15) is 23.6 Å². The fourth-order valence-electron chi connectivity index (χ4n) is 4.88. The van der Waals surface area contributed by atoms with E-state index in [-0.39, 0.29) is 18.3 Å². The average Bonchev–Trinajstić information content (AvgIpc) is 3.50. The molecule has 0 N–H and O–H groups in total. The van der Waals surface area contributed by atoms with E-state index >= 15 is 0 Å². The highest BCUT2D eigenvalue weighted by Crippen LogP contribution is 2.37. The standard InChI is InChI=1S/C27H27N5O4S2/c1-3-29-8-10-30(11-9-29)24-19(25(33)31-14-17(2)4-7-23(31)28-24)13-22-26(34)32(27(37)38-22)15-18-5-6-20-21(12-18)36-16-35-20/h4-7,12-14H,3,8-11,15-16H2,1-2H3/b22-13-. The van der Waals surface area contributed by atoms with Gasteiger partial charge in [-0.3, -0.25) is 18.9 Å². The van der Waals surface area contributed by atoms with Gasteiger partial charge in [-0.25, -0.2) is 4.98 Å². The molecule has 0 aliphatic carbocycles. The van der Waals surface area contributed by atoms with Gasteiger partial charge in [-0.2, -0.15) is 0 Å². The molecule has 9 nitrogen and oxygen atoms in total. The lowest BCUT2D eigenvalue weighted by atomic mass is 10.2. The van der Waals surface area contributed by atoms with Crippen molar-refractivity contribution in [1.82, 2.24) is 19.2 Å². The van der Waals surface area contributed by atoms with Gasteiger partial charge in [-0.05, 0) is 48.9 Å². The number of fused-ring (bicyclic) bond motifs is 2. The molecule has 3 aromatic rings. The van der Waals surface area contributed by atoms with E-state index in [4.69, 9.17) is 26.7 Å². The summed E-state index contributed by atoms with van der Waals surface area (Å²) in [6.45, 7) is 8.86. The summed E-state index contributed by atoms with van der Waals surface area (Å²) in [5, 5.41) is 0. The number of anilines is 1. The van der Waals surface area contributed by atoms with E-state index in [0.717, 1.165) is 43.9 Å². The highest BCUT2D eigenvalue weighted by molar-refractivity contribution is 8.26. The lowest BCUT2D eigenvalue weighted by Gasteiger charge is -2.35. The minimum atomic E-state index is -0.229. The van der Waals surface area contributed by atoms with E-state index in [2.05, 4.69) is 16.7 Å². The molecule has 2 fully saturated rings. The van der Waals surface area contributed by atoms with Gasteiger partial charge in [0.15, 0.2) is 11.5 Å². The number of piperazine rings is 1. The van der Waals surface area contributed by atoms with E-state index in [9.17, 15) is 9.59 Å². The Morgan fingerprint density at radius 2 is 1.87 bits per heavy atom. The number of nitrogens with zero attached hydrogens (tertiary/aromatic N) is 5. The highest BCUT2D eigenvalue weighted by atomic mass is 32.2. The van der Waals surface area contributed by atoms with Crippen LogP contribution in [0.25, 0.3) is 11.7 Å². The van der Waals surface area contributed by atoms with Crippen molar-refractivity contribution in [3.8, 4) is 11.5 Å². The number of pyridine rings is 1. The summed E-state index contributed by atoms with van der Waals surface area (Å²) in [6, 6.07) is 9.39. The van der Waals surface area contributed by atoms with Crippen molar-refractivity contribution in [2.24, 2.45) is 0 Å². The van der Waals surface area contributed by atoms with Gasteiger partial charge in [0.2, 0.25) is 6.79 Å². The SMILES string of the molecule is CCN1CCN(c2nc3ccc(C)cn3c(=O)c2/C=C2\SC(=S)N(Cc3ccc4c(c3)OCO4)C2=O)CC1. The average molecular weight is 550 g/mol. The summed E-state index contributed by atoms with van der Waals surface area (Å²) < 4.78 is 12.9. The molecule has 11 heteroatoms. The number of hydrogen-bond donors (Lipinski definition) is 0. The summed E-state index contributed by atoms with van der Waals surface area (Å²) in [5.41, 5.74) is 2.62. The van der Waals surface area contributed by atoms with Crippen molar-refractivity contribution in [3.05, 3.63) is 68.5 Å². The number of thioether (sulfide) groups is 1. The summed E-state index contributed by atoms with van der Waals surface area (Å²) in [5.74, 6) is 1.72. The van der Waals surface area contributed by atoms with Gasteiger partial charge < -0.3 is 19.3 Å². The number of thiocarbonyl (C=S) groups is 1. The van der Waals surface area contributed by atoms with Crippen molar-refractivity contribution >= 4 is 51.7 Å². The molecule has 0 unspecified atom stereocenters. The van der Waals surface area contributed by atoms with Crippen LogP contribution in [0.3, 0.4) is 0 Å². The molecule has 196 valence electrons. The van der Waals surface area contributed by atoms with Gasteiger partial charge in [-0.1, -0.05) is 43.0 Å². The van der Waals surface area contributed by atoms with Gasteiger partial charge in [0, 0.05) is 32.4 Å². The van der Waals surface area contributed by atoms with Crippen LogP contribution in [0.5, 0.6) is 11.5 Å². The van der Waals surface area contributed by atoms with Crippen LogP contribution in [0.2, 0.25) is 0 Å². The number of carbonyl (C=O) groups excluding carboxylic acids is 1. The number of ether oxygens (including phenoxy) is 2. The second-order valence-corrected chi connectivity index (χ2v) is 11.1. The maximum absolute atomic E-state index is 13.8. The molecule has 0 spiro atoms. The molecule has 6 rings (SSSR count). The zero-order chi connectivity index (χ0) is 26.4. The van der Waals surface area contributed by atoms with Crippen LogP contribution >= 0.6 is 24.0 Å². The van der Waals surface area contributed by atoms with Crippen molar-refractivity contribution in [3.63, 3.8) is 0 Å². The Morgan fingerprint density at radius 1 is 1.08 bits per heavy atom. The number of carbonyl (C=O) groups is 1. The van der Waals surface area contributed by atoms with E-state index in [1.807, 2.05) is 37.3 Å². The number of aromatic nitrogens is 2. The van der Waals surface area contributed by atoms with E-state index in [0.29, 0.717) is 44.3 Å². The van der Waals surface area contributed by atoms with Gasteiger partial charge in [0.1, 0.15) is 15.8 Å². The Morgan fingerprint density at radius 3 is 2.66 bits per heavy atom. The Hall–Kier alpha value is -3.41. The minimum absolute atomic E-state index is 0.188. The van der Waals surface area contributed by atoms with Gasteiger partial charge in [-0.15, -0.1) is 0 Å². The molecule has 0 saturated carbocycles. The zero-order valence-electron chi connectivity index (χ0n) is 21.2. The molecule has 2 saturated heterocycles. The van der Waals surface area contributed by atoms with Crippen molar-refractivity contribution in [2.75, 3.05) is 44.4 Å². The lowest BCUT2D eigenvalue weighted by Crippen LogP contribution is -2.47. The summed E-state index contributed by atoms with van der Waals surface area (Å²) in [4.78, 5) is 38.6. The predicted molar refractivity (Wildman–Crippen MR) is 152 cm³/mol. The third-order valence-electron chi connectivity index (χ3n) is 7.03. The smallest absolute Gasteiger partial charge is 0.267 e. The van der Waals surface area contributed by atoms with Crippen LogP contribution in [-0.2, 0) is 11.3 Å². The zero-order valence-corrected chi connectivity index (χ0v) is 22.8.